The third-order valence-electron chi connectivity index (χ3n) is 5.52. The Morgan fingerprint density at radius 1 is 0.714 bits per heavy atom. The van der Waals surface area contributed by atoms with E-state index in [-0.39, 0.29) is 25.4 Å². The number of ether oxygens (including phenoxy) is 2. The maximum atomic E-state index is 12.7. The van der Waals surface area contributed by atoms with Crippen LogP contribution >= 0.6 is 0 Å². The Labute approximate surface area is 209 Å². The van der Waals surface area contributed by atoms with Gasteiger partial charge in [0.05, 0.1) is 0 Å². The predicted octanol–water partition coefficient (Wildman–Crippen LogP) is 4.00. The van der Waals surface area contributed by atoms with Gasteiger partial charge < -0.3 is 30.3 Å². The predicted molar refractivity (Wildman–Crippen MR) is 138 cm³/mol. The lowest BCUT2D eigenvalue weighted by Gasteiger charge is -2.24. The second-order valence-corrected chi connectivity index (χ2v) is 8.36. The maximum Gasteiger partial charge on any atom is 0.410 e. The van der Waals surface area contributed by atoms with Crippen LogP contribution in [-0.4, -0.2) is 68.3 Å². The summed E-state index contributed by atoms with van der Waals surface area (Å²) in [5, 5.41) is 3.11. The summed E-state index contributed by atoms with van der Waals surface area (Å²) in [5.74, 6) is 0. The number of carbonyl (C=O) groups excluding carboxylic acids is 2. The molecule has 35 heavy (non-hydrogen) atoms. The van der Waals surface area contributed by atoms with Crippen LogP contribution in [0, 0.1) is 0 Å². The molecule has 0 saturated carbocycles. The van der Waals surface area contributed by atoms with E-state index in [1.165, 1.54) is 0 Å². The third-order valence-corrected chi connectivity index (χ3v) is 5.52. The normalized spacial score (nSPS) is 10.6. The van der Waals surface area contributed by atoms with E-state index in [2.05, 4.69) is 5.32 Å². The average molecular weight is 485 g/mol. The van der Waals surface area contributed by atoms with Crippen molar-refractivity contribution < 1.29 is 19.1 Å². The van der Waals surface area contributed by atoms with Gasteiger partial charge in [0.1, 0.15) is 13.2 Å². The van der Waals surface area contributed by atoms with Crippen molar-refractivity contribution in [1.29, 1.82) is 0 Å². The first kappa shape index (κ1) is 28.1. The van der Waals surface area contributed by atoms with Crippen molar-refractivity contribution in [3.8, 4) is 0 Å². The van der Waals surface area contributed by atoms with Crippen LogP contribution < -0.4 is 11.1 Å². The Bertz CT molecular complexity index is 836. The van der Waals surface area contributed by atoms with E-state index in [9.17, 15) is 9.59 Å². The summed E-state index contributed by atoms with van der Waals surface area (Å²) in [6.45, 7) is 4.11. The monoisotopic (exact) mass is 484 g/mol. The van der Waals surface area contributed by atoms with Crippen molar-refractivity contribution in [1.82, 2.24) is 15.1 Å². The summed E-state index contributed by atoms with van der Waals surface area (Å²) in [6.07, 6.45) is 2.40. The number of carbonyl (C=O) groups is 2. The molecule has 8 heteroatoms. The number of amides is 2. The maximum absolute atomic E-state index is 12.7. The van der Waals surface area contributed by atoms with Gasteiger partial charge in [-0.1, -0.05) is 60.7 Å². The molecular weight excluding hydrogens is 444 g/mol. The van der Waals surface area contributed by atoms with Gasteiger partial charge in [-0.05, 0) is 56.9 Å². The molecular formula is C27H40N4O4. The van der Waals surface area contributed by atoms with Gasteiger partial charge in [0.25, 0.3) is 0 Å². The zero-order valence-corrected chi connectivity index (χ0v) is 20.9. The molecule has 0 unspecified atom stereocenters. The van der Waals surface area contributed by atoms with E-state index in [0.717, 1.165) is 36.9 Å². The van der Waals surface area contributed by atoms with Crippen LogP contribution in [-0.2, 0) is 22.7 Å². The molecule has 0 aromatic heterocycles. The fraction of sp³-hybridized carbons (Fsp3) is 0.481. The number of hydrogen-bond acceptors (Lipinski definition) is 6. The molecule has 8 nitrogen and oxygen atoms in total. The fourth-order valence-corrected chi connectivity index (χ4v) is 3.54. The quantitative estimate of drug-likeness (QED) is 0.350. The lowest BCUT2D eigenvalue weighted by molar-refractivity contribution is 0.0897. The zero-order chi connectivity index (χ0) is 25.1. The summed E-state index contributed by atoms with van der Waals surface area (Å²) in [5.41, 5.74) is 7.57. The first-order valence-corrected chi connectivity index (χ1v) is 12.4. The molecule has 3 N–H and O–H groups in total. The van der Waals surface area contributed by atoms with Crippen molar-refractivity contribution in [3.05, 3.63) is 71.8 Å². The van der Waals surface area contributed by atoms with E-state index in [1.54, 1.807) is 9.80 Å². The van der Waals surface area contributed by atoms with Crippen molar-refractivity contribution in [2.45, 2.75) is 38.9 Å². The highest BCUT2D eigenvalue weighted by Crippen LogP contribution is 2.08. The minimum Gasteiger partial charge on any atom is -0.445 e. The summed E-state index contributed by atoms with van der Waals surface area (Å²) >= 11 is 0. The standard InChI is InChI=1S/C27H40N4O4/c1-29-17-11-21-31(27(33)35-23-25-14-6-3-7-15-25)19-9-8-18-30(20-10-16-28)26(32)34-22-24-12-4-2-5-13-24/h2-7,12-15,29H,8-11,16-23,28H2,1H3. The zero-order valence-electron chi connectivity index (χ0n) is 20.9. The highest BCUT2D eigenvalue weighted by atomic mass is 16.6. The molecule has 0 aliphatic heterocycles. The number of nitrogens with one attached hydrogen (secondary N) is 1. The average Bonchev–Trinajstić information content (AvgIpc) is 2.90. The Kier molecular flexibility index (Phi) is 14.0. The molecule has 0 fully saturated rings. The van der Waals surface area contributed by atoms with Crippen molar-refractivity contribution >= 4 is 12.2 Å². The van der Waals surface area contributed by atoms with E-state index < -0.39 is 0 Å². The van der Waals surface area contributed by atoms with Crippen LogP contribution in [0.15, 0.2) is 60.7 Å². The Morgan fingerprint density at radius 3 is 1.57 bits per heavy atom. The number of nitrogens with two attached hydrogens (primary N) is 1. The van der Waals surface area contributed by atoms with Gasteiger partial charge in [-0.25, -0.2) is 9.59 Å². The molecule has 192 valence electrons. The largest absolute Gasteiger partial charge is 0.445 e. The Morgan fingerprint density at radius 2 is 1.14 bits per heavy atom. The van der Waals surface area contributed by atoms with Crippen LogP contribution in [0.2, 0.25) is 0 Å². The van der Waals surface area contributed by atoms with Crippen LogP contribution in [0.1, 0.15) is 36.8 Å². The molecule has 2 amide bonds. The number of benzene rings is 2. The molecule has 0 heterocycles. The summed E-state index contributed by atoms with van der Waals surface area (Å²) in [4.78, 5) is 28.8. The molecule has 2 aromatic carbocycles. The van der Waals surface area contributed by atoms with Crippen LogP contribution in [0.5, 0.6) is 0 Å². The molecule has 0 bridgehead atoms. The van der Waals surface area contributed by atoms with Crippen LogP contribution in [0.25, 0.3) is 0 Å². The second kappa shape index (κ2) is 17.4. The number of rotatable bonds is 16. The molecule has 0 saturated heterocycles. The van der Waals surface area contributed by atoms with Crippen molar-refractivity contribution in [2.75, 3.05) is 46.3 Å². The first-order valence-electron chi connectivity index (χ1n) is 12.4. The molecule has 2 aromatic rings. The smallest absolute Gasteiger partial charge is 0.410 e. The SMILES string of the molecule is CNCCCN(CCCCN(CCCN)C(=O)OCc1ccccc1)C(=O)OCc1ccccc1. The van der Waals surface area contributed by atoms with Gasteiger partial charge in [0.2, 0.25) is 0 Å². The highest BCUT2D eigenvalue weighted by molar-refractivity contribution is 5.68. The summed E-state index contributed by atoms with van der Waals surface area (Å²) in [6, 6.07) is 19.3. The minimum absolute atomic E-state index is 0.241. The van der Waals surface area contributed by atoms with E-state index >= 15 is 0 Å². The number of hydrogen-bond donors (Lipinski definition) is 2. The van der Waals surface area contributed by atoms with Gasteiger partial charge in [-0.2, -0.15) is 0 Å². The van der Waals surface area contributed by atoms with Crippen LogP contribution in [0.3, 0.4) is 0 Å². The van der Waals surface area contributed by atoms with E-state index in [1.807, 2.05) is 67.7 Å². The van der Waals surface area contributed by atoms with Gasteiger partial charge >= 0.3 is 12.2 Å². The number of nitrogens with zero attached hydrogens (tertiary/aromatic N) is 2. The van der Waals surface area contributed by atoms with E-state index in [0.29, 0.717) is 39.1 Å². The molecule has 0 atom stereocenters. The van der Waals surface area contributed by atoms with Gasteiger partial charge in [-0.3, -0.25) is 0 Å². The molecule has 0 aliphatic rings. The third kappa shape index (κ3) is 11.7. The lowest BCUT2D eigenvalue weighted by atomic mass is 10.2. The topological polar surface area (TPSA) is 97.1 Å². The number of unbranched alkanes of at least 4 members (excludes halogenated alkanes) is 1. The minimum atomic E-state index is -0.338. The van der Waals surface area contributed by atoms with Crippen molar-refractivity contribution in [2.24, 2.45) is 5.73 Å². The lowest BCUT2D eigenvalue weighted by Crippen LogP contribution is -2.36. The molecule has 0 spiro atoms. The summed E-state index contributed by atoms with van der Waals surface area (Å²) < 4.78 is 11.0. The second-order valence-electron chi connectivity index (χ2n) is 8.36. The van der Waals surface area contributed by atoms with E-state index in [4.69, 9.17) is 15.2 Å². The van der Waals surface area contributed by atoms with Gasteiger partial charge in [0.15, 0.2) is 0 Å². The Hall–Kier alpha value is -3.10. The first-order chi connectivity index (χ1) is 17.1. The molecule has 0 aliphatic carbocycles. The molecule has 2 rings (SSSR count). The van der Waals surface area contributed by atoms with Crippen LogP contribution in [0.4, 0.5) is 9.59 Å². The van der Waals surface area contributed by atoms with Crippen molar-refractivity contribution in [3.63, 3.8) is 0 Å². The summed E-state index contributed by atoms with van der Waals surface area (Å²) in [7, 11) is 1.89. The Balaban J connectivity index is 1.81. The molecule has 0 radical (unpaired) electrons. The fourth-order valence-electron chi connectivity index (χ4n) is 3.54. The van der Waals surface area contributed by atoms with Gasteiger partial charge in [0, 0.05) is 26.2 Å². The highest BCUT2D eigenvalue weighted by Gasteiger charge is 2.17. The van der Waals surface area contributed by atoms with Gasteiger partial charge in [-0.15, -0.1) is 0 Å².